The molecule has 2 atom stereocenters. The normalized spacial score (nSPS) is 24.0. The van der Waals surface area contributed by atoms with Crippen LogP contribution in [0.15, 0.2) is 6.07 Å². The van der Waals surface area contributed by atoms with Gasteiger partial charge in [0.2, 0.25) is 0 Å². The summed E-state index contributed by atoms with van der Waals surface area (Å²) in [5.41, 5.74) is 8.87. The van der Waals surface area contributed by atoms with Gasteiger partial charge in [-0.05, 0) is 39.0 Å². The summed E-state index contributed by atoms with van der Waals surface area (Å²) in [6.07, 6.45) is 5.27. The van der Waals surface area contributed by atoms with Gasteiger partial charge in [0.1, 0.15) is 5.75 Å². The van der Waals surface area contributed by atoms with E-state index in [1.54, 1.807) is 0 Å². The second-order valence-corrected chi connectivity index (χ2v) is 5.54. The first-order valence-corrected chi connectivity index (χ1v) is 6.94. The largest absolute Gasteiger partial charge is 0.490 e. The van der Waals surface area contributed by atoms with Crippen LogP contribution in [0.5, 0.6) is 5.75 Å². The summed E-state index contributed by atoms with van der Waals surface area (Å²) in [4.78, 5) is 4.45. The zero-order valence-electron chi connectivity index (χ0n) is 11.7. The van der Waals surface area contributed by atoms with Crippen molar-refractivity contribution in [3.8, 4) is 5.75 Å². The first kappa shape index (κ1) is 13.3. The van der Waals surface area contributed by atoms with Crippen LogP contribution < -0.4 is 10.5 Å². The topological polar surface area (TPSA) is 48.1 Å². The molecule has 1 aromatic heterocycles. The molecule has 1 aromatic rings. The Morgan fingerprint density at radius 1 is 1.39 bits per heavy atom. The molecule has 0 bridgehead atoms. The fraction of sp³-hybridized carbons (Fsp3) is 0.667. The molecule has 0 saturated heterocycles. The number of hydrogen-bond acceptors (Lipinski definition) is 3. The summed E-state index contributed by atoms with van der Waals surface area (Å²) in [5.74, 6) is 1.72. The van der Waals surface area contributed by atoms with Crippen LogP contribution in [0.25, 0.3) is 0 Å². The summed E-state index contributed by atoms with van der Waals surface area (Å²) in [6.45, 7) is 6.81. The molecule has 1 aliphatic rings. The van der Waals surface area contributed by atoms with Crippen molar-refractivity contribution in [1.29, 1.82) is 0 Å². The van der Waals surface area contributed by atoms with Crippen molar-refractivity contribution in [2.45, 2.75) is 59.1 Å². The lowest BCUT2D eigenvalue weighted by molar-refractivity contribution is 0.128. The molecule has 0 aromatic carbocycles. The number of pyridine rings is 1. The molecule has 0 aliphatic heterocycles. The second kappa shape index (κ2) is 5.70. The second-order valence-electron chi connectivity index (χ2n) is 5.54. The highest BCUT2D eigenvalue weighted by molar-refractivity contribution is 5.37. The molecule has 2 rings (SSSR count). The maximum Gasteiger partial charge on any atom is 0.127 e. The third-order valence-electron chi connectivity index (χ3n) is 3.80. The molecule has 18 heavy (non-hydrogen) atoms. The minimum Gasteiger partial charge on any atom is -0.490 e. The molecule has 0 amide bonds. The van der Waals surface area contributed by atoms with Crippen molar-refractivity contribution in [2.75, 3.05) is 0 Å². The molecule has 2 N–H and O–H groups in total. The number of ether oxygens (including phenoxy) is 1. The molecule has 2 unspecified atom stereocenters. The van der Waals surface area contributed by atoms with Gasteiger partial charge in [-0.1, -0.05) is 13.3 Å². The fourth-order valence-corrected chi connectivity index (χ4v) is 2.84. The lowest BCUT2D eigenvalue weighted by atomic mass is 9.88. The summed E-state index contributed by atoms with van der Waals surface area (Å²) >= 11 is 0. The van der Waals surface area contributed by atoms with Crippen LogP contribution >= 0.6 is 0 Å². The van der Waals surface area contributed by atoms with Crippen LogP contribution in [-0.2, 0) is 6.54 Å². The third-order valence-corrected chi connectivity index (χ3v) is 3.80. The van der Waals surface area contributed by atoms with Gasteiger partial charge < -0.3 is 10.5 Å². The van der Waals surface area contributed by atoms with E-state index in [1.165, 1.54) is 12.8 Å². The van der Waals surface area contributed by atoms with E-state index < -0.39 is 0 Å². The van der Waals surface area contributed by atoms with Crippen LogP contribution in [-0.4, -0.2) is 11.1 Å². The molecule has 3 heteroatoms. The van der Waals surface area contributed by atoms with Gasteiger partial charge in [-0.3, -0.25) is 4.98 Å². The zero-order chi connectivity index (χ0) is 13.1. The molecule has 1 saturated carbocycles. The molecule has 1 aliphatic carbocycles. The number of hydrogen-bond donors (Lipinski definition) is 1. The summed E-state index contributed by atoms with van der Waals surface area (Å²) in [7, 11) is 0. The predicted molar refractivity (Wildman–Crippen MR) is 73.7 cm³/mol. The summed E-state index contributed by atoms with van der Waals surface area (Å²) in [5, 5.41) is 0. The van der Waals surface area contributed by atoms with Gasteiger partial charge in [-0.25, -0.2) is 0 Å². The smallest absolute Gasteiger partial charge is 0.127 e. The van der Waals surface area contributed by atoms with E-state index in [0.29, 0.717) is 12.6 Å². The summed E-state index contributed by atoms with van der Waals surface area (Å²) in [6, 6.07) is 2.02. The lowest BCUT2D eigenvalue weighted by Gasteiger charge is -2.28. The molecule has 100 valence electrons. The average Bonchev–Trinajstić information content (AvgIpc) is 2.28. The fourth-order valence-electron chi connectivity index (χ4n) is 2.84. The van der Waals surface area contributed by atoms with E-state index in [4.69, 9.17) is 10.5 Å². The van der Waals surface area contributed by atoms with Crippen LogP contribution in [0.1, 0.15) is 49.6 Å². The van der Waals surface area contributed by atoms with E-state index >= 15 is 0 Å². The van der Waals surface area contributed by atoms with Gasteiger partial charge in [0.05, 0.1) is 6.10 Å². The average molecular weight is 248 g/mol. The minimum absolute atomic E-state index is 0.347. The highest BCUT2D eigenvalue weighted by Crippen LogP contribution is 2.30. The molecular formula is C15H24N2O. The van der Waals surface area contributed by atoms with Crippen molar-refractivity contribution in [3.05, 3.63) is 23.0 Å². The Morgan fingerprint density at radius 2 is 2.17 bits per heavy atom. The highest BCUT2D eigenvalue weighted by atomic mass is 16.5. The van der Waals surface area contributed by atoms with Gasteiger partial charge in [0, 0.05) is 29.6 Å². The SMILES string of the molecule is Cc1cc(OC2CCCC(C)C2)c(CN)c(C)n1. The lowest BCUT2D eigenvalue weighted by Crippen LogP contribution is -2.25. The molecule has 0 radical (unpaired) electrons. The molecule has 0 spiro atoms. The van der Waals surface area contributed by atoms with Crippen LogP contribution in [0.2, 0.25) is 0 Å². The van der Waals surface area contributed by atoms with Gasteiger partial charge in [0.25, 0.3) is 0 Å². The van der Waals surface area contributed by atoms with E-state index in [0.717, 1.165) is 41.5 Å². The minimum atomic E-state index is 0.347. The summed E-state index contributed by atoms with van der Waals surface area (Å²) < 4.78 is 6.19. The molecule has 3 nitrogen and oxygen atoms in total. The molecular weight excluding hydrogens is 224 g/mol. The monoisotopic (exact) mass is 248 g/mol. The number of rotatable bonds is 3. The highest BCUT2D eigenvalue weighted by Gasteiger charge is 2.21. The number of nitrogens with two attached hydrogens (primary N) is 1. The standard InChI is InChI=1S/C15H24N2O/c1-10-5-4-6-13(7-10)18-15-8-11(2)17-12(3)14(15)9-16/h8,10,13H,4-7,9,16H2,1-3H3. The molecule has 1 heterocycles. The van der Waals surface area contributed by atoms with Crippen molar-refractivity contribution in [1.82, 2.24) is 4.98 Å². The van der Waals surface area contributed by atoms with Gasteiger partial charge in [-0.2, -0.15) is 0 Å². The Bertz CT molecular complexity index is 417. The Morgan fingerprint density at radius 3 is 2.83 bits per heavy atom. The van der Waals surface area contributed by atoms with E-state index in [1.807, 2.05) is 19.9 Å². The van der Waals surface area contributed by atoms with Gasteiger partial charge >= 0.3 is 0 Å². The van der Waals surface area contributed by atoms with Crippen LogP contribution in [0.4, 0.5) is 0 Å². The van der Waals surface area contributed by atoms with Crippen molar-refractivity contribution < 1.29 is 4.74 Å². The maximum absolute atomic E-state index is 6.19. The molecule has 1 fully saturated rings. The Labute approximate surface area is 110 Å². The number of aromatic nitrogens is 1. The van der Waals surface area contributed by atoms with Crippen molar-refractivity contribution in [3.63, 3.8) is 0 Å². The number of aryl methyl sites for hydroxylation is 2. The first-order valence-electron chi connectivity index (χ1n) is 6.94. The van der Waals surface area contributed by atoms with Crippen LogP contribution in [0, 0.1) is 19.8 Å². The Kier molecular flexibility index (Phi) is 4.23. The Hall–Kier alpha value is -1.09. The Balaban J connectivity index is 2.17. The van der Waals surface area contributed by atoms with Crippen LogP contribution in [0.3, 0.4) is 0 Å². The quantitative estimate of drug-likeness (QED) is 0.894. The van der Waals surface area contributed by atoms with Crippen molar-refractivity contribution >= 4 is 0 Å². The number of nitrogens with zero attached hydrogens (tertiary/aromatic N) is 1. The van der Waals surface area contributed by atoms with Gasteiger partial charge in [-0.15, -0.1) is 0 Å². The van der Waals surface area contributed by atoms with Gasteiger partial charge in [0.15, 0.2) is 0 Å². The van der Waals surface area contributed by atoms with E-state index in [-0.39, 0.29) is 0 Å². The van der Waals surface area contributed by atoms with Crippen molar-refractivity contribution in [2.24, 2.45) is 11.7 Å². The van der Waals surface area contributed by atoms with E-state index in [9.17, 15) is 0 Å². The van der Waals surface area contributed by atoms with E-state index in [2.05, 4.69) is 11.9 Å². The zero-order valence-corrected chi connectivity index (χ0v) is 11.7. The third kappa shape index (κ3) is 3.02. The maximum atomic E-state index is 6.19. The first-order chi connectivity index (χ1) is 8.60. The predicted octanol–water partition coefficient (Wildman–Crippen LogP) is 3.11.